The van der Waals surface area contributed by atoms with Crippen LogP contribution in [-0.2, 0) is 11.2 Å². The first-order chi connectivity index (χ1) is 9.72. The fourth-order valence-electron chi connectivity index (χ4n) is 2.74. The lowest BCUT2D eigenvalue weighted by Gasteiger charge is -2.27. The lowest BCUT2D eigenvalue weighted by molar-refractivity contribution is 0.00568. The van der Waals surface area contributed by atoms with Crippen LogP contribution in [0.5, 0.6) is 5.75 Å². The molecule has 0 saturated carbocycles. The van der Waals surface area contributed by atoms with E-state index < -0.39 is 0 Å². The summed E-state index contributed by atoms with van der Waals surface area (Å²) in [7, 11) is 3.72. The van der Waals surface area contributed by atoms with Crippen molar-refractivity contribution in [2.45, 2.75) is 44.2 Å². The van der Waals surface area contributed by atoms with Crippen LogP contribution in [0.25, 0.3) is 0 Å². The van der Waals surface area contributed by atoms with Gasteiger partial charge in [0.1, 0.15) is 5.75 Å². The third-order valence-corrected chi connectivity index (χ3v) is 4.55. The molecule has 1 heterocycles. The predicted molar refractivity (Wildman–Crippen MR) is 85.5 cm³/mol. The average molecular weight is 342 g/mol. The number of ether oxygens (including phenoxy) is 2. The molecule has 0 radical (unpaired) electrons. The van der Waals surface area contributed by atoms with Crippen LogP contribution in [0.3, 0.4) is 0 Å². The van der Waals surface area contributed by atoms with Crippen LogP contribution >= 0.6 is 15.9 Å². The zero-order valence-corrected chi connectivity index (χ0v) is 13.9. The summed E-state index contributed by atoms with van der Waals surface area (Å²) in [4.78, 5) is 0. The van der Waals surface area contributed by atoms with Crippen LogP contribution in [0.4, 0.5) is 0 Å². The molecule has 1 N–H and O–H groups in total. The van der Waals surface area contributed by atoms with Crippen molar-refractivity contribution < 1.29 is 9.47 Å². The highest BCUT2D eigenvalue weighted by molar-refractivity contribution is 9.10. The van der Waals surface area contributed by atoms with E-state index in [-0.39, 0.29) is 0 Å². The van der Waals surface area contributed by atoms with Gasteiger partial charge in [-0.15, -0.1) is 0 Å². The Labute approximate surface area is 130 Å². The molecule has 0 bridgehead atoms. The van der Waals surface area contributed by atoms with Gasteiger partial charge >= 0.3 is 0 Å². The molecule has 1 aromatic carbocycles. The van der Waals surface area contributed by atoms with Gasteiger partial charge in [-0.1, -0.05) is 6.07 Å². The van der Waals surface area contributed by atoms with E-state index >= 15 is 0 Å². The van der Waals surface area contributed by atoms with Gasteiger partial charge in [0.2, 0.25) is 0 Å². The van der Waals surface area contributed by atoms with E-state index in [1.807, 2.05) is 13.1 Å². The molecular weight excluding hydrogens is 318 g/mol. The normalized spacial score (nSPS) is 20.6. The number of likely N-dealkylation sites (N-methyl/N-ethyl adjacent to an activating group) is 1. The monoisotopic (exact) mass is 341 g/mol. The summed E-state index contributed by atoms with van der Waals surface area (Å²) >= 11 is 3.55. The summed E-state index contributed by atoms with van der Waals surface area (Å²) < 4.78 is 12.1. The first kappa shape index (κ1) is 15.8. The topological polar surface area (TPSA) is 30.5 Å². The molecule has 0 aromatic heterocycles. The molecular formula is C16H24BrNO2. The number of hydrogen-bond donors (Lipinski definition) is 1. The van der Waals surface area contributed by atoms with Crippen molar-refractivity contribution in [2.24, 2.45) is 0 Å². The molecule has 1 aliphatic rings. The second kappa shape index (κ2) is 8.01. The zero-order valence-electron chi connectivity index (χ0n) is 12.3. The van der Waals surface area contributed by atoms with Gasteiger partial charge in [-0.05, 0) is 72.8 Å². The van der Waals surface area contributed by atoms with Gasteiger partial charge in [-0.25, -0.2) is 0 Å². The Morgan fingerprint density at radius 1 is 1.45 bits per heavy atom. The first-order valence-electron chi connectivity index (χ1n) is 7.34. The van der Waals surface area contributed by atoms with Gasteiger partial charge in [-0.2, -0.15) is 0 Å². The summed E-state index contributed by atoms with van der Waals surface area (Å²) in [5, 5.41) is 3.42. The maximum atomic E-state index is 5.84. The highest BCUT2D eigenvalue weighted by Crippen LogP contribution is 2.26. The predicted octanol–water partition coefficient (Wildman–Crippen LogP) is 3.55. The van der Waals surface area contributed by atoms with Crippen LogP contribution in [-0.4, -0.2) is 32.9 Å². The van der Waals surface area contributed by atoms with Crippen molar-refractivity contribution in [3.8, 4) is 5.75 Å². The van der Waals surface area contributed by atoms with Crippen molar-refractivity contribution in [3.05, 3.63) is 28.2 Å². The van der Waals surface area contributed by atoms with E-state index in [2.05, 4.69) is 33.4 Å². The van der Waals surface area contributed by atoms with Crippen LogP contribution < -0.4 is 10.1 Å². The van der Waals surface area contributed by atoms with E-state index in [4.69, 9.17) is 9.47 Å². The number of methoxy groups -OCH3 is 1. The Hall–Kier alpha value is -0.580. The molecule has 0 aliphatic carbocycles. The third-order valence-electron chi connectivity index (χ3n) is 3.93. The van der Waals surface area contributed by atoms with Crippen LogP contribution in [0.15, 0.2) is 22.7 Å². The summed E-state index contributed by atoms with van der Waals surface area (Å²) in [5.41, 5.74) is 1.31. The quantitative estimate of drug-likeness (QED) is 0.858. The molecule has 20 heavy (non-hydrogen) atoms. The molecule has 0 spiro atoms. The van der Waals surface area contributed by atoms with Gasteiger partial charge in [0.25, 0.3) is 0 Å². The van der Waals surface area contributed by atoms with Crippen molar-refractivity contribution in [1.82, 2.24) is 5.32 Å². The van der Waals surface area contributed by atoms with Crippen molar-refractivity contribution >= 4 is 15.9 Å². The van der Waals surface area contributed by atoms with Gasteiger partial charge in [0.05, 0.1) is 17.7 Å². The highest BCUT2D eigenvalue weighted by atomic mass is 79.9. The van der Waals surface area contributed by atoms with E-state index in [0.717, 1.165) is 29.7 Å². The van der Waals surface area contributed by atoms with Crippen molar-refractivity contribution in [2.75, 3.05) is 20.8 Å². The van der Waals surface area contributed by atoms with E-state index in [9.17, 15) is 0 Å². The fourth-order valence-corrected chi connectivity index (χ4v) is 3.32. The number of halogens is 1. The Bertz CT molecular complexity index is 419. The Kier molecular flexibility index (Phi) is 6.33. The fraction of sp³-hybridized carbons (Fsp3) is 0.625. The average Bonchev–Trinajstić information content (AvgIpc) is 2.48. The Balaban J connectivity index is 1.93. The third kappa shape index (κ3) is 4.47. The number of nitrogens with one attached hydrogen (secondary N) is 1. The van der Waals surface area contributed by atoms with Crippen molar-refractivity contribution in [1.29, 1.82) is 0 Å². The second-order valence-corrected chi connectivity index (χ2v) is 6.24. The minimum absolute atomic E-state index is 0.419. The lowest BCUT2D eigenvalue weighted by atomic mass is 9.97. The summed E-state index contributed by atoms with van der Waals surface area (Å²) in [6.07, 6.45) is 6.23. The van der Waals surface area contributed by atoms with E-state index in [1.165, 1.54) is 24.8 Å². The van der Waals surface area contributed by atoms with Gasteiger partial charge < -0.3 is 14.8 Å². The summed E-state index contributed by atoms with van der Waals surface area (Å²) in [6.45, 7) is 0.926. The minimum Gasteiger partial charge on any atom is -0.496 e. The lowest BCUT2D eigenvalue weighted by Crippen LogP contribution is -2.34. The maximum absolute atomic E-state index is 5.84. The van der Waals surface area contributed by atoms with Gasteiger partial charge in [0.15, 0.2) is 0 Å². The maximum Gasteiger partial charge on any atom is 0.133 e. The van der Waals surface area contributed by atoms with Crippen molar-refractivity contribution in [3.63, 3.8) is 0 Å². The number of rotatable bonds is 6. The first-order valence-corrected chi connectivity index (χ1v) is 8.13. The zero-order chi connectivity index (χ0) is 14.4. The molecule has 112 valence electrons. The van der Waals surface area contributed by atoms with E-state index in [1.54, 1.807) is 7.11 Å². The molecule has 1 fully saturated rings. The second-order valence-electron chi connectivity index (χ2n) is 5.38. The molecule has 0 amide bonds. The molecule has 1 aromatic rings. The van der Waals surface area contributed by atoms with Gasteiger partial charge in [0, 0.05) is 12.6 Å². The van der Waals surface area contributed by atoms with E-state index in [0.29, 0.717) is 12.1 Å². The molecule has 4 heteroatoms. The molecule has 2 atom stereocenters. The highest BCUT2D eigenvalue weighted by Gasteiger charge is 2.19. The molecule has 1 saturated heterocycles. The summed E-state index contributed by atoms with van der Waals surface area (Å²) in [5.74, 6) is 0.880. The minimum atomic E-state index is 0.419. The summed E-state index contributed by atoms with van der Waals surface area (Å²) in [6, 6.07) is 6.75. The molecule has 1 aliphatic heterocycles. The molecule has 3 nitrogen and oxygen atoms in total. The Morgan fingerprint density at radius 3 is 2.90 bits per heavy atom. The SMILES string of the molecule is CNC(Cc1ccc(OC)c(Br)c1)CC1CCCCO1. The van der Waals surface area contributed by atoms with Crippen LogP contribution in [0.1, 0.15) is 31.2 Å². The molecule has 2 rings (SSSR count). The number of hydrogen-bond acceptors (Lipinski definition) is 3. The smallest absolute Gasteiger partial charge is 0.133 e. The molecule has 2 unspecified atom stereocenters. The van der Waals surface area contributed by atoms with Crippen LogP contribution in [0.2, 0.25) is 0 Å². The largest absolute Gasteiger partial charge is 0.496 e. The number of benzene rings is 1. The Morgan fingerprint density at radius 2 is 2.30 bits per heavy atom. The van der Waals surface area contributed by atoms with Crippen LogP contribution in [0, 0.1) is 0 Å². The standard InChI is InChI=1S/C16H24BrNO2/c1-18-13(11-14-5-3-4-8-20-14)9-12-6-7-16(19-2)15(17)10-12/h6-7,10,13-14,18H,3-5,8-9,11H2,1-2H3. The van der Waals surface area contributed by atoms with Gasteiger partial charge in [-0.3, -0.25) is 0 Å².